The van der Waals surface area contributed by atoms with Gasteiger partial charge in [0.05, 0.1) is 0 Å². The van der Waals surface area contributed by atoms with E-state index >= 15 is 0 Å². The number of rotatable bonds is 4. The van der Waals surface area contributed by atoms with Gasteiger partial charge in [-0.1, -0.05) is 50.1 Å². The lowest BCUT2D eigenvalue weighted by atomic mass is 10.0. The molecule has 112 valence electrons. The van der Waals surface area contributed by atoms with E-state index in [2.05, 4.69) is 54.7 Å². The highest BCUT2D eigenvalue weighted by Crippen LogP contribution is 2.28. The standard InChI is InChI=1S/C19H25NS/c1-15-6-5-9-17(11-10-15)20-14-18-12-13-19(21-18)16-7-3-2-4-8-16/h2-4,7-8,12-13,15,17,20H,5-6,9-11,14H2,1H3. The third-order valence-electron chi connectivity index (χ3n) is 4.54. The smallest absolute Gasteiger partial charge is 0.0346 e. The minimum absolute atomic E-state index is 0.720. The lowest BCUT2D eigenvalue weighted by molar-refractivity contribution is 0.449. The molecule has 1 saturated carbocycles. The Morgan fingerprint density at radius 3 is 2.71 bits per heavy atom. The number of nitrogens with one attached hydrogen (secondary N) is 1. The molecule has 1 nitrogen and oxygen atoms in total. The topological polar surface area (TPSA) is 12.0 Å². The number of benzene rings is 1. The van der Waals surface area contributed by atoms with E-state index in [1.807, 2.05) is 11.3 Å². The summed E-state index contributed by atoms with van der Waals surface area (Å²) in [7, 11) is 0. The van der Waals surface area contributed by atoms with E-state index in [-0.39, 0.29) is 0 Å². The maximum Gasteiger partial charge on any atom is 0.0346 e. The number of hydrogen-bond donors (Lipinski definition) is 1. The van der Waals surface area contributed by atoms with Gasteiger partial charge in [0, 0.05) is 22.3 Å². The predicted octanol–water partition coefficient (Wildman–Crippen LogP) is 5.47. The van der Waals surface area contributed by atoms with E-state index in [0.29, 0.717) is 0 Å². The van der Waals surface area contributed by atoms with Crippen molar-refractivity contribution in [3.05, 3.63) is 47.3 Å². The summed E-state index contributed by atoms with van der Waals surface area (Å²) in [6, 6.07) is 15.9. The van der Waals surface area contributed by atoms with E-state index in [0.717, 1.165) is 18.5 Å². The molecule has 2 aromatic rings. The van der Waals surface area contributed by atoms with Gasteiger partial charge in [0.15, 0.2) is 0 Å². The Kier molecular flexibility index (Phi) is 5.10. The third kappa shape index (κ3) is 4.18. The van der Waals surface area contributed by atoms with Gasteiger partial charge in [-0.3, -0.25) is 0 Å². The Hall–Kier alpha value is -1.12. The molecule has 2 atom stereocenters. The Morgan fingerprint density at radius 1 is 1.00 bits per heavy atom. The maximum atomic E-state index is 3.77. The summed E-state index contributed by atoms with van der Waals surface area (Å²) in [6.07, 6.45) is 6.88. The Balaban J connectivity index is 1.55. The molecule has 1 aromatic carbocycles. The molecular weight excluding hydrogens is 274 g/mol. The summed E-state index contributed by atoms with van der Waals surface area (Å²) in [5.74, 6) is 0.920. The van der Waals surface area contributed by atoms with Gasteiger partial charge in [-0.2, -0.15) is 0 Å². The van der Waals surface area contributed by atoms with Crippen molar-refractivity contribution < 1.29 is 0 Å². The molecule has 21 heavy (non-hydrogen) atoms. The van der Waals surface area contributed by atoms with E-state index in [9.17, 15) is 0 Å². The molecule has 1 aliphatic carbocycles. The fraction of sp³-hybridized carbons (Fsp3) is 0.474. The number of hydrogen-bond acceptors (Lipinski definition) is 2. The zero-order chi connectivity index (χ0) is 14.5. The SMILES string of the molecule is CC1CCCC(NCc2ccc(-c3ccccc3)s2)CC1. The predicted molar refractivity (Wildman–Crippen MR) is 92.6 cm³/mol. The quantitative estimate of drug-likeness (QED) is 0.738. The van der Waals surface area contributed by atoms with Crippen molar-refractivity contribution in [3.63, 3.8) is 0 Å². The molecule has 0 radical (unpaired) electrons. The highest BCUT2D eigenvalue weighted by Gasteiger charge is 2.15. The van der Waals surface area contributed by atoms with Gasteiger partial charge in [0.2, 0.25) is 0 Å². The minimum Gasteiger partial charge on any atom is -0.309 e. The Bertz CT molecular complexity index is 546. The summed E-state index contributed by atoms with van der Waals surface area (Å²) in [5, 5.41) is 3.77. The van der Waals surface area contributed by atoms with Crippen molar-refractivity contribution in [2.45, 2.75) is 51.6 Å². The van der Waals surface area contributed by atoms with E-state index in [1.165, 1.54) is 47.4 Å². The van der Waals surface area contributed by atoms with Gasteiger partial charge in [-0.15, -0.1) is 11.3 Å². The molecule has 0 amide bonds. The molecule has 0 saturated heterocycles. The van der Waals surface area contributed by atoms with Crippen LogP contribution in [-0.4, -0.2) is 6.04 Å². The monoisotopic (exact) mass is 299 g/mol. The van der Waals surface area contributed by atoms with Gasteiger partial charge in [0.1, 0.15) is 0 Å². The second-order valence-electron chi connectivity index (χ2n) is 6.32. The second kappa shape index (κ2) is 7.24. The first-order valence-electron chi connectivity index (χ1n) is 8.19. The van der Waals surface area contributed by atoms with E-state index < -0.39 is 0 Å². The highest BCUT2D eigenvalue weighted by atomic mass is 32.1. The van der Waals surface area contributed by atoms with Gasteiger partial charge in [0.25, 0.3) is 0 Å². The van der Waals surface area contributed by atoms with Gasteiger partial charge >= 0.3 is 0 Å². The van der Waals surface area contributed by atoms with E-state index in [1.54, 1.807) is 0 Å². The molecule has 2 heteroatoms. The van der Waals surface area contributed by atoms with Crippen LogP contribution in [0.4, 0.5) is 0 Å². The average molecular weight is 299 g/mol. The van der Waals surface area contributed by atoms with Gasteiger partial charge in [-0.05, 0) is 42.9 Å². The summed E-state index contributed by atoms with van der Waals surface area (Å²) in [4.78, 5) is 2.83. The summed E-state index contributed by atoms with van der Waals surface area (Å²) >= 11 is 1.92. The first-order valence-corrected chi connectivity index (χ1v) is 9.00. The fourth-order valence-corrected chi connectivity index (χ4v) is 4.13. The lowest BCUT2D eigenvalue weighted by Crippen LogP contribution is -2.27. The molecule has 0 aliphatic heterocycles. The average Bonchev–Trinajstić information content (AvgIpc) is 2.90. The van der Waals surface area contributed by atoms with Crippen LogP contribution < -0.4 is 5.32 Å². The van der Waals surface area contributed by atoms with Crippen LogP contribution in [0, 0.1) is 5.92 Å². The second-order valence-corrected chi connectivity index (χ2v) is 7.49. The molecule has 1 aliphatic rings. The van der Waals surface area contributed by atoms with Crippen LogP contribution >= 0.6 is 11.3 Å². The molecule has 1 aromatic heterocycles. The number of thiophene rings is 1. The Labute approximate surface area is 132 Å². The largest absolute Gasteiger partial charge is 0.309 e. The summed E-state index contributed by atoms with van der Waals surface area (Å²) in [5.41, 5.74) is 1.33. The molecule has 2 unspecified atom stereocenters. The summed E-state index contributed by atoms with van der Waals surface area (Å²) < 4.78 is 0. The minimum atomic E-state index is 0.720. The lowest BCUT2D eigenvalue weighted by Gasteiger charge is -2.15. The molecule has 0 bridgehead atoms. The van der Waals surface area contributed by atoms with Crippen LogP contribution in [0.3, 0.4) is 0 Å². The van der Waals surface area contributed by atoms with Gasteiger partial charge < -0.3 is 5.32 Å². The van der Waals surface area contributed by atoms with Crippen molar-refractivity contribution in [2.24, 2.45) is 5.92 Å². The maximum absolute atomic E-state index is 3.77. The normalized spacial score (nSPS) is 22.9. The molecule has 0 spiro atoms. The first-order chi connectivity index (χ1) is 10.3. The third-order valence-corrected chi connectivity index (χ3v) is 5.68. The highest BCUT2D eigenvalue weighted by molar-refractivity contribution is 7.15. The first kappa shape index (κ1) is 14.8. The van der Waals surface area contributed by atoms with Crippen LogP contribution in [-0.2, 0) is 6.54 Å². The van der Waals surface area contributed by atoms with Crippen LogP contribution in [0.25, 0.3) is 10.4 Å². The van der Waals surface area contributed by atoms with Crippen LogP contribution in [0.5, 0.6) is 0 Å². The molecule has 3 rings (SSSR count). The van der Waals surface area contributed by atoms with Crippen molar-refractivity contribution in [2.75, 3.05) is 0 Å². The van der Waals surface area contributed by atoms with Crippen LogP contribution in [0.1, 0.15) is 43.9 Å². The molecular formula is C19H25NS. The van der Waals surface area contributed by atoms with Crippen molar-refractivity contribution >= 4 is 11.3 Å². The van der Waals surface area contributed by atoms with Gasteiger partial charge in [-0.25, -0.2) is 0 Å². The zero-order valence-corrected chi connectivity index (χ0v) is 13.7. The molecule has 1 fully saturated rings. The fourth-order valence-electron chi connectivity index (χ4n) is 3.17. The summed E-state index contributed by atoms with van der Waals surface area (Å²) in [6.45, 7) is 3.42. The Morgan fingerprint density at radius 2 is 1.86 bits per heavy atom. The van der Waals surface area contributed by atoms with Crippen molar-refractivity contribution in [1.29, 1.82) is 0 Å². The molecule has 1 N–H and O–H groups in total. The van der Waals surface area contributed by atoms with Crippen molar-refractivity contribution in [3.8, 4) is 10.4 Å². The van der Waals surface area contributed by atoms with Crippen LogP contribution in [0.15, 0.2) is 42.5 Å². The molecule has 1 heterocycles. The zero-order valence-electron chi connectivity index (χ0n) is 12.8. The van der Waals surface area contributed by atoms with Crippen LogP contribution in [0.2, 0.25) is 0 Å². The van der Waals surface area contributed by atoms with E-state index in [4.69, 9.17) is 0 Å². The van der Waals surface area contributed by atoms with Crippen molar-refractivity contribution in [1.82, 2.24) is 5.32 Å².